The molecule has 2 N–H and O–H groups in total. The van der Waals surface area contributed by atoms with Crippen LogP contribution >= 0.6 is 23.2 Å². The van der Waals surface area contributed by atoms with E-state index in [4.69, 9.17) is 33.7 Å². The molecule has 0 amide bonds. The number of anilines is 1. The van der Waals surface area contributed by atoms with Gasteiger partial charge in [0.25, 0.3) is 0 Å². The van der Waals surface area contributed by atoms with Crippen LogP contribution in [0.1, 0.15) is 12.0 Å². The average Bonchev–Trinajstić information content (AvgIpc) is 2.49. The summed E-state index contributed by atoms with van der Waals surface area (Å²) < 4.78 is 10.3. The molecule has 2 rings (SSSR count). The second kappa shape index (κ2) is 7.38. The Kier molecular flexibility index (Phi) is 5.52. The van der Waals surface area contributed by atoms with Crippen LogP contribution in [-0.2, 0) is 16.0 Å². The van der Waals surface area contributed by atoms with Crippen LogP contribution in [0.2, 0.25) is 10.0 Å². The smallest absolute Gasteiger partial charge is 0.305 e. The number of halogens is 2. The number of nitrogens with two attached hydrogens (primary N) is 1. The number of esters is 1. The molecule has 116 valence electrons. The van der Waals surface area contributed by atoms with E-state index < -0.39 is 0 Å². The Hall–Kier alpha value is -1.91. The van der Waals surface area contributed by atoms with E-state index in [2.05, 4.69) is 4.74 Å². The van der Waals surface area contributed by atoms with Gasteiger partial charge >= 0.3 is 5.97 Å². The summed E-state index contributed by atoms with van der Waals surface area (Å²) in [5, 5.41) is 0.935. The Morgan fingerprint density at radius 1 is 1.14 bits per heavy atom. The zero-order chi connectivity index (χ0) is 16.1. The molecular formula is C16H15Cl2NO3. The molecule has 0 heterocycles. The highest BCUT2D eigenvalue weighted by Gasteiger charge is 2.08. The van der Waals surface area contributed by atoms with Crippen molar-refractivity contribution < 1.29 is 14.3 Å². The first-order valence-corrected chi connectivity index (χ1v) is 7.33. The van der Waals surface area contributed by atoms with Crippen LogP contribution in [0, 0.1) is 0 Å². The largest absolute Gasteiger partial charge is 0.469 e. The summed E-state index contributed by atoms with van der Waals surface area (Å²) in [7, 11) is 1.36. The molecule has 0 aromatic heterocycles. The van der Waals surface area contributed by atoms with Gasteiger partial charge in [-0.1, -0.05) is 29.3 Å². The highest BCUT2D eigenvalue weighted by Crippen LogP contribution is 2.34. The van der Waals surface area contributed by atoms with Gasteiger partial charge in [-0.2, -0.15) is 0 Å². The lowest BCUT2D eigenvalue weighted by molar-refractivity contribution is -0.140. The fourth-order valence-corrected chi connectivity index (χ4v) is 2.32. The lowest BCUT2D eigenvalue weighted by atomic mass is 10.1. The Balaban J connectivity index is 2.11. The minimum atomic E-state index is -0.258. The van der Waals surface area contributed by atoms with Crippen molar-refractivity contribution in [1.82, 2.24) is 0 Å². The molecule has 0 aliphatic carbocycles. The van der Waals surface area contributed by atoms with Crippen LogP contribution in [0.3, 0.4) is 0 Å². The molecule has 0 radical (unpaired) electrons. The summed E-state index contributed by atoms with van der Waals surface area (Å²) in [5.41, 5.74) is 7.37. The predicted octanol–water partition coefficient (Wildman–Crippen LogP) is 4.47. The van der Waals surface area contributed by atoms with Crippen LogP contribution in [0.5, 0.6) is 11.5 Å². The number of benzene rings is 2. The summed E-state index contributed by atoms with van der Waals surface area (Å²) in [6.07, 6.45) is 0.859. The molecule has 0 aliphatic rings. The number of hydrogen-bond acceptors (Lipinski definition) is 4. The molecule has 0 saturated carbocycles. The van der Waals surface area contributed by atoms with Crippen molar-refractivity contribution in [2.45, 2.75) is 12.8 Å². The van der Waals surface area contributed by atoms with Crippen molar-refractivity contribution >= 4 is 34.9 Å². The molecule has 6 heteroatoms. The third-order valence-corrected chi connectivity index (χ3v) is 3.56. The van der Waals surface area contributed by atoms with Crippen LogP contribution in [0.4, 0.5) is 5.69 Å². The monoisotopic (exact) mass is 339 g/mol. The highest BCUT2D eigenvalue weighted by molar-refractivity contribution is 6.35. The number of ether oxygens (including phenoxy) is 2. The van der Waals surface area contributed by atoms with Gasteiger partial charge in [0, 0.05) is 11.4 Å². The third kappa shape index (κ3) is 4.29. The lowest BCUT2D eigenvalue weighted by Crippen LogP contribution is -2.02. The van der Waals surface area contributed by atoms with Crippen LogP contribution in [0.25, 0.3) is 0 Å². The molecule has 0 unspecified atom stereocenters. The van der Waals surface area contributed by atoms with Gasteiger partial charge in [0.1, 0.15) is 11.5 Å². The molecular weight excluding hydrogens is 325 g/mol. The van der Waals surface area contributed by atoms with E-state index in [1.807, 2.05) is 6.07 Å². The molecule has 0 atom stereocenters. The normalized spacial score (nSPS) is 10.3. The minimum absolute atomic E-state index is 0.258. The maximum absolute atomic E-state index is 11.1. The van der Waals surface area contributed by atoms with E-state index >= 15 is 0 Å². The molecule has 0 fully saturated rings. The second-order valence-electron chi connectivity index (χ2n) is 4.63. The third-order valence-electron chi connectivity index (χ3n) is 3.03. The van der Waals surface area contributed by atoms with Gasteiger partial charge in [0.05, 0.1) is 17.8 Å². The molecule has 2 aromatic carbocycles. The summed E-state index contributed by atoms with van der Waals surface area (Å²) >= 11 is 11.9. The minimum Gasteiger partial charge on any atom is -0.469 e. The maximum Gasteiger partial charge on any atom is 0.305 e. The van der Waals surface area contributed by atoms with Gasteiger partial charge in [-0.05, 0) is 42.3 Å². The number of rotatable bonds is 5. The van der Waals surface area contributed by atoms with Crippen LogP contribution < -0.4 is 10.5 Å². The van der Waals surface area contributed by atoms with Gasteiger partial charge in [-0.25, -0.2) is 0 Å². The van der Waals surface area contributed by atoms with Crippen molar-refractivity contribution in [3.63, 3.8) is 0 Å². The first-order chi connectivity index (χ1) is 10.5. The van der Waals surface area contributed by atoms with E-state index in [0.717, 1.165) is 5.56 Å². The molecule has 0 saturated heterocycles. The quantitative estimate of drug-likeness (QED) is 0.644. The number of carbonyl (C=O) groups is 1. The predicted molar refractivity (Wildman–Crippen MR) is 87.7 cm³/mol. The molecule has 22 heavy (non-hydrogen) atoms. The van der Waals surface area contributed by atoms with Gasteiger partial charge in [0.15, 0.2) is 0 Å². The second-order valence-corrected chi connectivity index (χ2v) is 5.47. The zero-order valence-electron chi connectivity index (χ0n) is 11.9. The number of aryl methyl sites for hydroxylation is 1. The number of carbonyl (C=O) groups excluding carboxylic acids is 1. The fraction of sp³-hybridized carbons (Fsp3) is 0.188. The summed E-state index contributed by atoms with van der Waals surface area (Å²) in [5.74, 6) is 0.706. The first-order valence-electron chi connectivity index (χ1n) is 6.57. The van der Waals surface area contributed by atoms with Crippen molar-refractivity contribution in [3.05, 3.63) is 52.0 Å². The number of methoxy groups -OCH3 is 1. The van der Waals surface area contributed by atoms with Crippen molar-refractivity contribution in [1.29, 1.82) is 0 Å². The molecule has 0 aliphatic heterocycles. The zero-order valence-corrected chi connectivity index (χ0v) is 13.4. The number of hydrogen-bond donors (Lipinski definition) is 1. The van der Waals surface area contributed by atoms with Gasteiger partial charge in [-0.3, -0.25) is 4.79 Å². The Bertz CT molecular complexity index is 689. The topological polar surface area (TPSA) is 61.5 Å². The highest BCUT2D eigenvalue weighted by atomic mass is 35.5. The first kappa shape index (κ1) is 16.5. The lowest BCUT2D eigenvalue weighted by Gasteiger charge is -2.11. The number of nitrogen functional groups attached to an aromatic ring is 1. The molecule has 0 spiro atoms. The molecule has 2 aromatic rings. The van der Waals surface area contributed by atoms with Crippen molar-refractivity contribution in [3.8, 4) is 11.5 Å². The van der Waals surface area contributed by atoms with Gasteiger partial charge in [0.2, 0.25) is 0 Å². The van der Waals surface area contributed by atoms with E-state index in [1.54, 1.807) is 30.3 Å². The van der Waals surface area contributed by atoms with E-state index in [0.29, 0.717) is 40.1 Å². The Morgan fingerprint density at radius 2 is 1.86 bits per heavy atom. The van der Waals surface area contributed by atoms with Crippen LogP contribution in [0.15, 0.2) is 36.4 Å². The Morgan fingerprint density at radius 3 is 2.50 bits per heavy atom. The maximum atomic E-state index is 11.1. The SMILES string of the molecule is COC(=O)CCc1ccc(Oc2ccc(Cl)cc2Cl)c(N)c1. The summed E-state index contributed by atoms with van der Waals surface area (Å²) in [4.78, 5) is 11.1. The van der Waals surface area contributed by atoms with Crippen LogP contribution in [-0.4, -0.2) is 13.1 Å². The van der Waals surface area contributed by atoms with Crippen molar-refractivity contribution in [2.75, 3.05) is 12.8 Å². The van der Waals surface area contributed by atoms with Crippen molar-refractivity contribution in [2.24, 2.45) is 0 Å². The molecule has 0 bridgehead atoms. The summed E-state index contributed by atoms with van der Waals surface area (Å²) in [6, 6.07) is 10.3. The standard InChI is InChI=1S/C16H15Cl2NO3/c1-21-16(20)7-3-10-2-5-15(13(19)8-10)22-14-6-4-11(17)9-12(14)18/h2,4-6,8-9H,3,7,19H2,1H3. The van der Waals surface area contributed by atoms with E-state index in [9.17, 15) is 4.79 Å². The fourth-order valence-electron chi connectivity index (χ4n) is 1.87. The van der Waals surface area contributed by atoms with E-state index in [1.165, 1.54) is 7.11 Å². The van der Waals surface area contributed by atoms with Gasteiger partial charge < -0.3 is 15.2 Å². The Labute approximate surface area is 138 Å². The average molecular weight is 340 g/mol. The molecule has 4 nitrogen and oxygen atoms in total. The van der Waals surface area contributed by atoms with E-state index in [-0.39, 0.29) is 5.97 Å². The summed E-state index contributed by atoms with van der Waals surface area (Å²) in [6.45, 7) is 0. The van der Waals surface area contributed by atoms with Gasteiger partial charge in [-0.15, -0.1) is 0 Å².